The van der Waals surface area contributed by atoms with Gasteiger partial charge in [-0.15, -0.1) is 0 Å². The van der Waals surface area contributed by atoms with Crippen molar-refractivity contribution in [1.82, 2.24) is 5.32 Å². The molecule has 3 aromatic rings. The highest BCUT2D eigenvalue weighted by atomic mass is 32.1. The van der Waals surface area contributed by atoms with Crippen LogP contribution in [0.1, 0.15) is 17.2 Å². The van der Waals surface area contributed by atoms with Gasteiger partial charge in [-0.1, -0.05) is 24.3 Å². The highest BCUT2D eigenvalue weighted by molar-refractivity contribution is 7.08. The molecule has 0 radical (unpaired) electrons. The third-order valence-corrected chi connectivity index (χ3v) is 5.07. The number of thiophene rings is 1. The lowest BCUT2D eigenvalue weighted by Crippen LogP contribution is -2.37. The predicted molar refractivity (Wildman–Crippen MR) is 101 cm³/mol. The molecular formula is C20H13F3N2O2S. The van der Waals surface area contributed by atoms with Crippen molar-refractivity contribution in [3.63, 3.8) is 0 Å². The van der Waals surface area contributed by atoms with Gasteiger partial charge in [0.25, 0.3) is 0 Å². The Morgan fingerprint density at radius 2 is 1.86 bits per heavy atom. The Kier molecular flexibility index (Phi) is 4.43. The Morgan fingerprint density at radius 3 is 2.50 bits per heavy atom. The third kappa shape index (κ3) is 3.38. The summed E-state index contributed by atoms with van der Waals surface area (Å²) in [5, 5.41) is 17.5. The normalized spacial score (nSPS) is 16.8. The van der Waals surface area contributed by atoms with E-state index in [0.717, 1.165) is 10.8 Å². The van der Waals surface area contributed by atoms with E-state index in [1.807, 2.05) is 29.6 Å². The minimum absolute atomic E-state index is 0.0169. The lowest BCUT2D eigenvalue weighted by atomic mass is 10.0. The molecule has 1 amide bonds. The number of alkyl halides is 3. The van der Waals surface area contributed by atoms with Crippen molar-refractivity contribution >= 4 is 33.7 Å². The zero-order valence-electron chi connectivity index (χ0n) is 14.2. The molecule has 1 atom stereocenters. The molecule has 0 spiro atoms. The second kappa shape index (κ2) is 6.79. The van der Waals surface area contributed by atoms with Crippen molar-refractivity contribution in [2.24, 2.45) is 4.99 Å². The zero-order chi connectivity index (χ0) is 19.9. The summed E-state index contributed by atoms with van der Waals surface area (Å²) in [5.74, 6) is -2.10. The SMILES string of the molecule is O=C(NC1=CC(c2cc3ccccc3cc2O)=NC1c1ccsc1)C(F)(F)F. The number of nitrogens with one attached hydrogen (secondary N) is 1. The summed E-state index contributed by atoms with van der Waals surface area (Å²) in [6, 6.07) is 11.6. The second-order valence-electron chi connectivity index (χ2n) is 6.24. The Balaban J connectivity index is 1.77. The van der Waals surface area contributed by atoms with E-state index in [9.17, 15) is 23.1 Å². The fraction of sp³-hybridized carbons (Fsp3) is 0.100. The number of phenolic OH excluding ortho intramolecular Hbond substituents is 1. The van der Waals surface area contributed by atoms with Crippen LogP contribution in [0.25, 0.3) is 10.8 Å². The molecule has 4 rings (SSSR count). The van der Waals surface area contributed by atoms with Gasteiger partial charge in [0.2, 0.25) is 0 Å². The van der Waals surface area contributed by atoms with Crippen LogP contribution in [0.4, 0.5) is 13.2 Å². The first kappa shape index (κ1) is 18.2. The van der Waals surface area contributed by atoms with Crippen LogP contribution < -0.4 is 5.32 Å². The molecule has 4 nitrogen and oxygen atoms in total. The fourth-order valence-electron chi connectivity index (χ4n) is 3.04. The van der Waals surface area contributed by atoms with E-state index in [4.69, 9.17) is 0 Å². The molecular weight excluding hydrogens is 389 g/mol. The number of rotatable bonds is 3. The van der Waals surface area contributed by atoms with E-state index in [0.29, 0.717) is 16.8 Å². The molecule has 2 aromatic carbocycles. The zero-order valence-corrected chi connectivity index (χ0v) is 15.0. The molecule has 0 bridgehead atoms. The van der Waals surface area contributed by atoms with Crippen molar-refractivity contribution in [3.05, 3.63) is 76.1 Å². The van der Waals surface area contributed by atoms with E-state index >= 15 is 0 Å². The van der Waals surface area contributed by atoms with Gasteiger partial charge in [-0.3, -0.25) is 9.79 Å². The van der Waals surface area contributed by atoms with E-state index in [-0.39, 0.29) is 11.4 Å². The summed E-state index contributed by atoms with van der Waals surface area (Å²) < 4.78 is 38.1. The van der Waals surface area contributed by atoms with Gasteiger partial charge in [0.15, 0.2) is 0 Å². The number of allylic oxidation sites excluding steroid dienone is 1. The van der Waals surface area contributed by atoms with Gasteiger partial charge < -0.3 is 10.4 Å². The van der Waals surface area contributed by atoms with Crippen molar-refractivity contribution in [3.8, 4) is 5.75 Å². The Labute approximate surface area is 161 Å². The minimum atomic E-state index is -5.01. The van der Waals surface area contributed by atoms with Crippen LogP contribution in [-0.4, -0.2) is 22.9 Å². The van der Waals surface area contributed by atoms with Gasteiger partial charge in [0, 0.05) is 11.3 Å². The third-order valence-electron chi connectivity index (χ3n) is 4.37. The van der Waals surface area contributed by atoms with Gasteiger partial charge in [0.1, 0.15) is 11.8 Å². The molecule has 1 unspecified atom stereocenters. The number of aliphatic imine (C=N–C) groups is 1. The summed E-state index contributed by atoms with van der Waals surface area (Å²) in [7, 11) is 0. The van der Waals surface area contributed by atoms with Gasteiger partial charge in [-0.05, 0) is 51.4 Å². The summed E-state index contributed by atoms with van der Waals surface area (Å²) in [4.78, 5) is 15.9. The molecule has 1 aliphatic heterocycles. The highest BCUT2D eigenvalue weighted by Gasteiger charge is 2.40. The Hall–Kier alpha value is -3.13. The molecule has 8 heteroatoms. The van der Waals surface area contributed by atoms with Crippen molar-refractivity contribution in [2.45, 2.75) is 12.2 Å². The van der Waals surface area contributed by atoms with E-state index in [1.54, 1.807) is 29.0 Å². The maximum Gasteiger partial charge on any atom is 0.471 e. The van der Waals surface area contributed by atoms with Crippen LogP contribution in [0.15, 0.2) is 70.0 Å². The second-order valence-corrected chi connectivity index (χ2v) is 7.02. The summed E-state index contributed by atoms with van der Waals surface area (Å²) in [5.41, 5.74) is 1.37. The van der Waals surface area contributed by atoms with Crippen LogP contribution in [0.3, 0.4) is 0 Å². The first-order valence-electron chi connectivity index (χ1n) is 8.25. The lowest BCUT2D eigenvalue weighted by Gasteiger charge is -2.14. The summed E-state index contributed by atoms with van der Waals surface area (Å²) in [6.07, 6.45) is -3.64. The molecule has 0 fully saturated rings. The standard InChI is InChI=1S/C20H13F3N2O2S/c21-20(22,23)19(27)25-16-9-15(24-18(16)13-5-6-28-10-13)14-7-11-3-1-2-4-12(11)8-17(14)26/h1-10,18,26H,(H,25,27). The van der Waals surface area contributed by atoms with Crippen LogP contribution in [0.5, 0.6) is 5.75 Å². The summed E-state index contributed by atoms with van der Waals surface area (Å²) in [6.45, 7) is 0. The smallest absolute Gasteiger partial charge is 0.471 e. The number of aromatic hydroxyl groups is 1. The van der Waals surface area contributed by atoms with Gasteiger partial charge in [0.05, 0.1) is 5.71 Å². The lowest BCUT2D eigenvalue weighted by molar-refractivity contribution is -0.172. The van der Waals surface area contributed by atoms with Gasteiger partial charge in [-0.2, -0.15) is 24.5 Å². The molecule has 142 valence electrons. The Morgan fingerprint density at radius 1 is 1.14 bits per heavy atom. The monoisotopic (exact) mass is 402 g/mol. The number of hydrogen-bond acceptors (Lipinski definition) is 4. The first-order valence-corrected chi connectivity index (χ1v) is 9.19. The summed E-state index contributed by atoms with van der Waals surface area (Å²) >= 11 is 1.37. The number of nitrogens with zero attached hydrogens (tertiary/aromatic N) is 1. The van der Waals surface area contributed by atoms with Gasteiger partial charge in [-0.25, -0.2) is 0 Å². The topological polar surface area (TPSA) is 61.7 Å². The van der Waals surface area contributed by atoms with Crippen molar-refractivity contribution < 1.29 is 23.1 Å². The molecule has 28 heavy (non-hydrogen) atoms. The van der Waals surface area contributed by atoms with Crippen LogP contribution in [-0.2, 0) is 4.79 Å². The number of benzene rings is 2. The quantitative estimate of drug-likeness (QED) is 0.666. The van der Waals surface area contributed by atoms with E-state index < -0.39 is 18.1 Å². The number of amides is 1. The number of hydrogen-bond donors (Lipinski definition) is 2. The number of carbonyl (C=O) groups is 1. The number of fused-ring (bicyclic) bond motifs is 1. The minimum Gasteiger partial charge on any atom is -0.507 e. The average Bonchev–Trinajstić information content (AvgIpc) is 3.30. The molecule has 2 N–H and O–H groups in total. The van der Waals surface area contributed by atoms with E-state index in [1.165, 1.54) is 17.4 Å². The maximum absolute atomic E-state index is 12.7. The largest absolute Gasteiger partial charge is 0.507 e. The first-order chi connectivity index (χ1) is 13.3. The van der Waals surface area contributed by atoms with Gasteiger partial charge >= 0.3 is 12.1 Å². The molecule has 2 heterocycles. The predicted octanol–water partition coefficient (Wildman–Crippen LogP) is 4.71. The van der Waals surface area contributed by atoms with Crippen LogP contribution in [0.2, 0.25) is 0 Å². The number of halogens is 3. The Bertz CT molecular complexity index is 1120. The number of phenols is 1. The van der Waals surface area contributed by atoms with Crippen molar-refractivity contribution in [2.75, 3.05) is 0 Å². The molecule has 1 aliphatic rings. The van der Waals surface area contributed by atoms with Crippen molar-refractivity contribution in [1.29, 1.82) is 0 Å². The van der Waals surface area contributed by atoms with E-state index in [2.05, 4.69) is 4.99 Å². The fourth-order valence-corrected chi connectivity index (χ4v) is 3.72. The van der Waals surface area contributed by atoms with Crippen LogP contribution in [0, 0.1) is 0 Å². The average molecular weight is 402 g/mol. The molecule has 1 aromatic heterocycles. The molecule has 0 aliphatic carbocycles. The maximum atomic E-state index is 12.7. The molecule has 0 saturated heterocycles. The van der Waals surface area contributed by atoms with Crippen LogP contribution >= 0.6 is 11.3 Å². The molecule has 0 saturated carbocycles. The highest BCUT2D eigenvalue weighted by Crippen LogP contribution is 2.35. The number of carbonyl (C=O) groups excluding carboxylic acids is 1.